The highest BCUT2D eigenvalue weighted by molar-refractivity contribution is 5.89. The fourth-order valence-electron chi connectivity index (χ4n) is 1.26. The van der Waals surface area contributed by atoms with E-state index in [4.69, 9.17) is 5.26 Å². The molecule has 0 saturated heterocycles. The smallest absolute Gasteiger partial charge is 0.321 e. The van der Waals surface area contributed by atoms with Crippen LogP contribution < -0.4 is 5.32 Å². The van der Waals surface area contributed by atoms with Crippen LogP contribution in [0, 0.1) is 18.3 Å². The van der Waals surface area contributed by atoms with Crippen molar-refractivity contribution < 1.29 is 4.79 Å². The largest absolute Gasteiger partial charge is 0.327 e. The molecular weight excluding hydrogens is 202 g/mol. The molecule has 0 saturated carbocycles. The summed E-state index contributed by atoms with van der Waals surface area (Å²) in [5.74, 6) is 0. The number of nitrogens with zero attached hydrogens (tertiary/aromatic N) is 2. The van der Waals surface area contributed by atoms with Gasteiger partial charge in [0, 0.05) is 19.3 Å². The zero-order valence-electron chi connectivity index (χ0n) is 9.53. The van der Waals surface area contributed by atoms with Gasteiger partial charge in [0.05, 0.1) is 12.5 Å². The first-order chi connectivity index (χ1) is 7.63. The van der Waals surface area contributed by atoms with Crippen LogP contribution in [0.4, 0.5) is 10.5 Å². The van der Waals surface area contributed by atoms with E-state index in [-0.39, 0.29) is 6.03 Å². The summed E-state index contributed by atoms with van der Waals surface area (Å²) in [5.41, 5.74) is 1.87. The van der Waals surface area contributed by atoms with Gasteiger partial charge in [0.25, 0.3) is 0 Å². The van der Waals surface area contributed by atoms with Gasteiger partial charge in [-0.1, -0.05) is 12.1 Å². The Morgan fingerprint density at radius 3 is 2.94 bits per heavy atom. The maximum absolute atomic E-state index is 11.6. The summed E-state index contributed by atoms with van der Waals surface area (Å²) in [5, 5.41) is 11.2. The molecule has 1 rings (SSSR count). The Bertz CT molecular complexity index is 409. The molecule has 0 unspecified atom stereocenters. The number of amides is 2. The molecule has 0 aliphatic rings. The number of carbonyl (C=O) groups excluding carboxylic acids is 1. The highest BCUT2D eigenvalue weighted by atomic mass is 16.2. The Morgan fingerprint density at radius 2 is 2.31 bits per heavy atom. The van der Waals surface area contributed by atoms with Crippen LogP contribution in [0.2, 0.25) is 0 Å². The fourth-order valence-corrected chi connectivity index (χ4v) is 1.26. The molecule has 0 atom stereocenters. The van der Waals surface area contributed by atoms with Gasteiger partial charge in [-0.15, -0.1) is 0 Å². The molecule has 0 aliphatic heterocycles. The quantitative estimate of drug-likeness (QED) is 0.845. The van der Waals surface area contributed by atoms with Gasteiger partial charge in [-0.05, 0) is 24.6 Å². The van der Waals surface area contributed by atoms with Crippen LogP contribution in [0.25, 0.3) is 0 Å². The number of hydrogen-bond donors (Lipinski definition) is 1. The van der Waals surface area contributed by atoms with Crippen molar-refractivity contribution in [3.8, 4) is 6.07 Å². The average Bonchev–Trinajstić information content (AvgIpc) is 2.25. The minimum atomic E-state index is -0.194. The molecule has 0 fully saturated rings. The van der Waals surface area contributed by atoms with Crippen LogP contribution in [-0.4, -0.2) is 24.5 Å². The molecule has 1 aromatic rings. The lowest BCUT2D eigenvalue weighted by Gasteiger charge is -2.16. The average molecular weight is 217 g/mol. The van der Waals surface area contributed by atoms with E-state index < -0.39 is 0 Å². The predicted octanol–water partition coefficient (Wildman–Crippen LogP) is 2.37. The summed E-state index contributed by atoms with van der Waals surface area (Å²) >= 11 is 0. The molecular formula is C12H15N3O. The van der Waals surface area contributed by atoms with E-state index >= 15 is 0 Å². The SMILES string of the molecule is Cc1cccc(NC(=O)N(C)CCC#N)c1. The van der Waals surface area contributed by atoms with Gasteiger partial charge >= 0.3 is 6.03 Å². The van der Waals surface area contributed by atoms with Crippen molar-refractivity contribution in [2.75, 3.05) is 18.9 Å². The Labute approximate surface area is 95.5 Å². The molecule has 1 aromatic carbocycles. The Morgan fingerprint density at radius 1 is 1.56 bits per heavy atom. The van der Waals surface area contributed by atoms with Crippen LogP contribution >= 0.6 is 0 Å². The molecule has 84 valence electrons. The molecule has 4 heteroatoms. The third kappa shape index (κ3) is 3.62. The molecule has 4 nitrogen and oxygen atoms in total. The second-order valence-electron chi connectivity index (χ2n) is 3.63. The number of anilines is 1. The molecule has 2 amide bonds. The second kappa shape index (κ2) is 5.76. The summed E-state index contributed by atoms with van der Waals surface area (Å²) in [6.45, 7) is 2.41. The van der Waals surface area contributed by atoms with Crippen molar-refractivity contribution in [2.24, 2.45) is 0 Å². The number of benzene rings is 1. The van der Waals surface area contributed by atoms with Crippen LogP contribution in [0.1, 0.15) is 12.0 Å². The van der Waals surface area contributed by atoms with Gasteiger partial charge in [-0.25, -0.2) is 4.79 Å². The highest BCUT2D eigenvalue weighted by Gasteiger charge is 2.07. The van der Waals surface area contributed by atoms with E-state index in [1.807, 2.05) is 37.3 Å². The molecule has 0 heterocycles. The molecule has 0 spiro atoms. The van der Waals surface area contributed by atoms with Crippen molar-refractivity contribution in [3.63, 3.8) is 0 Å². The van der Waals surface area contributed by atoms with E-state index in [1.165, 1.54) is 4.90 Å². The zero-order chi connectivity index (χ0) is 12.0. The van der Waals surface area contributed by atoms with Crippen LogP contribution in [0.5, 0.6) is 0 Å². The topological polar surface area (TPSA) is 56.1 Å². The Hall–Kier alpha value is -2.02. The number of urea groups is 1. The molecule has 16 heavy (non-hydrogen) atoms. The number of nitriles is 1. The minimum absolute atomic E-state index is 0.194. The molecule has 0 aromatic heterocycles. The molecule has 0 bridgehead atoms. The van der Waals surface area contributed by atoms with Crippen molar-refractivity contribution >= 4 is 11.7 Å². The second-order valence-corrected chi connectivity index (χ2v) is 3.63. The predicted molar refractivity (Wildman–Crippen MR) is 63.1 cm³/mol. The van der Waals surface area contributed by atoms with Crippen LogP contribution in [-0.2, 0) is 0 Å². The number of nitrogens with one attached hydrogen (secondary N) is 1. The summed E-state index contributed by atoms with van der Waals surface area (Å²) in [6.07, 6.45) is 0.345. The highest BCUT2D eigenvalue weighted by Crippen LogP contribution is 2.10. The van der Waals surface area contributed by atoms with E-state index in [2.05, 4.69) is 5.32 Å². The summed E-state index contributed by atoms with van der Waals surface area (Å²) in [4.78, 5) is 13.1. The van der Waals surface area contributed by atoms with Gasteiger partial charge < -0.3 is 10.2 Å². The van der Waals surface area contributed by atoms with E-state index in [0.717, 1.165) is 11.3 Å². The molecule has 0 radical (unpaired) electrons. The van der Waals surface area contributed by atoms with E-state index in [1.54, 1.807) is 7.05 Å². The van der Waals surface area contributed by atoms with E-state index in [0.29, 0.717) is 13.0 Å². The standard InChI is InChI=1S/C12H15N3O/c1-10-5-3-6-11(9-10)14-12(16)15(2)8-4-7-13/h3,5-6,9H,4,8H2,1-2H3,(H,14,16). The lowest BCUT2D eigenvalue weighted by molar-refractivity contribution is 0.223. The number of hydrogen-bond acceptors (Lipinski definition) is 2. The third-order valence-electron chi connectivity index (χ3n) is 2.18. The number of carbonyl (C=O) groups is 1. The summed E-state index contributed by atoms with van der Waals surface area (Å²) in [7, 11) is 1.67. The lowest BCUT2D eigenvalue weighted by atomic mass is 10.2. The van der Waals surface area contributed by atoms with Gasteiger partial charge in [0.1, 0.15) is 0 Å². The third-order valence-corrected chi connectivity index (χ3v) is 2.18. The van der Waals surface area contributed by atoms with Crippen molar-refractivity contribution in [1.82, 2.24) is 4.90 Å². The maximum Gasteiger partial charge on any atom is 0.321 e. The Kier molecular flexibility index (Phi) is 4.34. The monoisotopic (exact) mass is 217 g/mol. The maximum atomic E-state index is 11.6. The van der Waals surface area contributed by atoms with Gasteiger partial charge in [0.15, 0.2) is 0 Å². The summed E-state index contributed by atoms with van der Waals surface area (Å²) < 4.78 is 0. The van der Waals surface area contributed by atoms with E-state index in [9.17, 15) is 4.79 Å². The van der Waals surface area contributed by atoms with Crippen molar-refractivity contribution in [3.05, 3.63) is 29.8 Å². The first-order valence-electron chi connectivity index (χ1n) is 5.09. The van der Waals surface area contributed by atoms with Crippen molar-refractivity contribution in [1.29, 1.82) is 5.26 Å². The fraction of sp³-hybridized carbons (Fsp3) is 0.333. The normalized spacial score (nSPS) is 9.31. The number of rotatable bonds is 3. The van der Waals surface area contributed by atoms with Gasteiger partial charge in [-0.2, -0.15) is 5.26 Å². The lowest BCUT2D eigenvalue weighted by Crippen LogP contribution is -2.31. The molecule has 1 N–H and O–H groups in total. The first-order valence-corrected chi connectivity index (χ1v) is 5.09. The van der Waals surface area contributed by atoms with Gasteiger partial charge in [0.2, 0.25) is 0 Å². The molecule has 0 aliphatic carbocycles. The Balaban J connectivity index is 2.54. The summed E-state index contributed by atoms with van der Waals surface area (Å²) in [6, 6.07) is 9.40. The number of aryl methyl sites for hydroxylation is 1. The van der Waals surface area contributed by atoms with Crippen molar-refractivity contribution in [2.45, 2.75) is 13.3 Å². The zero-order valence-corrected chi connectivity index (χ0v) is 9.53. The van der Waals surface area contributed by atoms with Crippen LogP contribution in [0.3, 0.4) is 0 Å². The van der Waals surface area contributed by atoms with Crippen LogP contribution in [0.15, 0.2) is 24.3 Å². The first kappa shape index (κ1) is 12.1. The van der Waals surface area contributed by atoms with Gasteiger partial charge in [-0.3, -0.25) is 0 Å². The minimum Gasteiger partial charge on any atom is -0.327 e.